The molecule has 4 heteroatoms. The summed E-state index contributed by atoms with van der Waals surface area (Å²) >= 11 is 0. The van der Waals surface area contributed by atoms with E-state index in [9.17, 15) is 4.79 Å². The minimum Gasteiger partial charge on any atom is -0.307 e. The predicted molar refractivity (Wildman–Crippen MR) is 31.2 cm³/mol. The Kier molecular flexibility index (Phi) is 4.46. The summed E-state index contributed by atoms with van der Waals surface area (Å²) in [6, 6.07) is 1.91. The summed E-state index contributed by atoms with van der Waals surface area (Å²) in [7, 11) is 0. The van der Waals surface area contributed by atoms with Gasteiger partial charge in [0, 0.05) is 13.0 Å². The molecule has 49 valence electrons. The van der Waals surface area contributed by atoms with Crippen LogP contribution in [-0.4, -0.2) is 19.0 Å². The molecule has 0 atom stereocenters. The van der Waals surface area contributed by atoms with Crippen LogP contribution in [0.15, 0.2) is 0 Å². The van der Waals surface area contributed by atoms with Crippen molar-refractivity contribution in [3.63, 3.8) is 0 Å². The van der Waals surface area contributed by atoms with E-state index in [0.717, 1.165) is 0 Å². The SMILES string of the molecule is N#CCCNCC([NH])=O. The first-order chi connectivity index (χ1) is 4.27. The third-order valence-corrected chi connectivity index (χ3v) is 0.699. The second-order valence-corrected chi connectivity index (χ2v) is 1.51. The van der Waals surface area contributed by atoms with Gasteiger partial charge in [0.05, 0.1) is 12.6 Å². The summed E-state index contributed by atoms with van der Waals surface area (Å²) in [4.78, 5) is 9.93. The van der Waals surface area contributed by atoms with E-state index in [1.165, 1.54) is 0 Å². The number of hydrogen-bond donors (Lipinski definition) is 1. The lowest BCUT2D eigenvalue weighted by Gasteiger charge is -1.93. The summed E-state index contributed by atoms with van der Waals surface area (Å²) in [5.41, 5.74) is 6.43. The molecular formula is C5H8N3O. The van der Waals surface area contributed by atoms with Gasteiger partial charge in [-0.05, 0) is 0 Å². The van der Waals surface area contributed by atoms with Gasteiger partial charge in [0.2, 0.25) is 0 Å². The molecule has 4 nitrogen and oxygen atoms in total. The maximum atomic E-state index is 9.93. The van der Waals surface area contributed by atoms with Gasteiger partial charge in [0.25, 0.3) is 5.91 Å². The zero-order valence-corrected chi connectivity index (χ0v) is 4.98. The van der Waals surface area contributed by atoms with Crippen molar-refractivity contribution in [2.45, 2.75) is 6.42 Å². The van der Waals surface area contributed by atoms with E-state index in [2.05, 4.69) is 5.32 Å². The van der Waals surface area contributed by atoms with Crippen molar-refractivity contribution in [2.24, 2.45) is 0 Å². The first kappa shape index (κ1) is 7.92. The molecule has 2 N–H and O–H groups in total. The van der Waals surface area contributed by atoms with Crippen LogP contribution >= 0.6 is 0 Å². The van der Waals surface area contributed by atoms with Gasteiger partial charge >= 0.3 is 0 Å². The number of carbonyl (C=O) groups is 1. The fraction of sp³-hybridized carbons (Fsp3) is 0.600. The Morgan fingerprint density at radius 3 is 2.89 bits per heavy atom. The third kappa shape index (κ3) is 6.92. The molecule has 0 aliphatic heterocycles. The molecule has 0 bridgehead atoms. The number of rotatable bonds is 4. The van der Waals surface area contributed by atoms with Crippen LogP contribution in [-0.2, 0) is 4.79 Å². The van der Waals surface area contributed by atoms with Gasteiger partial charge in [-0.2, -0.15) is 5.26 Å². The van der Waals surface area contributed by atoms with Crippen LogP contribution in [0.3, 0.4) is 0 Å². The van der Waals surface area contributed by atoms with Crippen molar-refractivity contribution in [3.8, 4) is 6.07 Å². The van der Waals surface area contributed by atoms with E-state index in [0.29, 0.717) is 13.0 Å². The highest BCUT2D eigenvalue weighted by atomic mass is 16.1. The number of carbonyl (C=O) groups excluding carboxylic acids is 1. The quantitative estimate of drug-likeness (QED) is 0.506. The van der Waals surface area contributed by atoms with E-state index >= 15 is 0 Å². The first-order valence-corrected chi connectivity index (χ1v) is 2.59. The molecule has 1 amide bonds. The number of nitriles is 1. The van der Waals surface area contributed by atoms with Gasteiger partial charge in [0.15, 0.2) is 0 Å². The summed E-state index contributed by atoms with van der Waals surface area (Å²) in [6.07, 6.45) is 0.382. The maximum absolute atomic E-state index is 9.93. The molecule has 9 heavy (non-hydrogen) atoms. The Morgan fingerprint density at radius 2 is 2.44 bits per heavy atom. The van der Waals surface area contributed by atoms with Crippen molar-refractivity contribution in [2.75, 3.05) is 13.1 Å². The van der Waals surface area contributed by atoms with E-state index in [1.54, 1.807) is 0 Å². The minimum absolute atomic E-state index is 0.0433. The van der Waals surface area contributed by atoms with Crippen LogP contribution in [0.25, 0.3) is 0 Å². The standard InChI is InChI=1S/C5H8N3O/c6-2-1-3-8-4-5(7)9/h7-8H,1,3-4H2. The Balaban J connectivity index is 2.94. The Hall–Kier alpha value is -1.08. The molecule has 0 aromatic heterocycles. The zero-order chi connectivity index (χ0) is 7.11. The van der Waals surface area contributed by atoms with Gasteiger partial charge in [-0.1, -0.05) is 0 Å². The molecule has 0 saturated heterocycles. The smallest absolute Gasteiger partial charge is 0.252 e. The number of amides is 1. The average molecular weight is 126 g/mol. The molecular weight excluding hydrogens is 118 g/mol. The molecule has 0 heterocycles. The predicted octanol–water partition coefficient (Wildman–Crippen LogP) is -0.701. The third-order valence-electron chi connectivity index (χ3n) is 0.699. The molecule has 0 saturated carbocycles. The number of nitrogens with zero attached hydrogens (tertiary/aromatic N) is 1. The van der Waals surface area contributed by atoms with Gasteiger partial charge in [-0.15, -0.1) is 0 Å². The summed E-state index contributed by atoms with van der Waals surface area (Å²) in [5.74, 6) is -0.645. The van der Waals surface area contributed by atoms with E-state index in [1.807, 2.05) is 6.07 Å². The van der Waals surface area contributed by atoms with Crippen LogP contribution in [0.4, 0.5) is 0 Å². The summed E-state index contributed by atoms with van der Waals surface area (Å²) in [5, 5.41) is 10.6. The lowest BCUT2D eigenvalue weighted by atomic mass is 10.4. The van der Waals surface area contributed by atoms with Crippen LogP contribution in [0.1, 0.15) is 6.42 Å². The second kappa shape index (κ2) is 5.06. The monoisotopic (exact) mass is 126 g/mol. The fourth-order valence-corrected chi connectivity index (χ4v) is 0.346. The van der Waals surface area contributed by atoms with Crippen molar-refractivity contribution < 1.29 is 4.79 Å². The average Bonchev–Trinajstić information content (AvgIpc) is 1.80. The summed E-state index contributed by atoms with van der Waals surface area (Å²) < 4.78 is 0. The van der Waals surface area contributed by atoms with Crippen LogP contribution in [0.2, 0.25) is 0 Å². The van der Waals surface area contributed by atoms with E-state index in [4.69, 9.17) is 11.0 Å². The van der Waals surface area contributed by atoms with Gasteiger partial charge in [-0.25, -0.2) is 0 Å². The Labute approximate surface area is 53.6 Å². The molecule has 0 unspecified atom stereocenters. The Morgan fingerprint density at radius 1 is 1.78 bits per heavy atom. The number of nitrogens with one attached hydrogen (secondary N) is 2. The normalized spacial score (nSPS) is 8.33. The molecule has 0 aromatic rings. The molecule has 1 radical (unpaired) electrons. The highest BCUT2D eigenvalue weighted by Gasteiger charge is 1.90. The van der Waals surface area contributed by atoms with Crippen LogP contribution < -0.4 is 11.1 Å². The molecule has 0 aromatic carbocycles. The van der Waals surface area contributed by atoms with Crippen molar-refractivity contribution in [1.82, 2.24) is 11.1 Å². The highest BCUT2D eigenvalue weighted by Crippen LogP contribution is 1.68. The van der Waals surface area contributed by atoms with E-state index < -0.39 is 5.91 Å². The van der Waals surface area contributed by atoms with Crippen molar-refractivity contribution in [1.29, 1.82) is 5.26 Å². The minimum atomic E-state index is -0.645. The molecule has 0 spiro atoms. The Bertz CT molecular complexity index is 127. The zero-order valence-electron chi connectivity index (χ0n) is 4.98. The molecule has 0 aliphatic rings. The second-order valence-electron chi connectivity index (χ2n) is 1.51. The fourth-order valence-electron chi connectivity index (χ4n) is 0.346. The van der Waals surface area contributed by atoms with Gasteiger partial charge in [-0.3, -0.25) is 10.5 Å². The van der Waals surface area contributed by atoms with Crippen molar-refractivity contribution in [3.05, 3.63) is 0 Å². The largest absolute Gasteiger partial charge is 0.307 e. The summed E-state index contributed by atoms with van der Waals surface area (Å²) in [6.45, 7) is 0.531. The lowest BCUT2D eigenvalue weighted by Crippen LogP contribution is -2.23. The molecule has 0 fully saturated rings. The maximum Gasteiger partial charge on any atom is 0.252 e. The molecule has 0 rings (SSSR count). The van der Waals surface area contributed by atoms with Crippen molar-refractivity contribution >= 4 is 5.91 Å². The lowest BCUT2D eigenvalue weighted by molar-refractivity contribution is -0.117. The van der Waals surface area contributed by atoms with Crippen LogP contribution in [0.5, 0.6) is 0 Å². The molecule has 0 aliphatic carbocycles. The van der Waals surface area contributed by atoms with Gasteiger partial charge in [0.1, 0.15) is 0 Å². The topological polar surface area (TPSA) is 76.7 Å². The highest BCUT2D eigenvalue weighted by molar-refractivity contribution is 5.75. The van der Waals surface area contributed by atoms with Crippen LogP contribution in [0, 0.1) is 11.3 Å². The number of hydrogen-bond acceptors (Lipinski definition) is 3. The van der Waals surface area contributed by atoms with Gasteiger partial charge < -0.3 is 5.32 Å². The van der Waals surface area contributed by atoms with E-state index in [-0.39, 0.29) is 6.54 Å². The first-order valence-electron chi connectivity index (χ1n) is 2.59.